The first-order chi connectivity index (χ1) is 13.1. The Hall–Kier alpha value is -2.15. The molecule has 140 valence electrons. The first kappa shape index (κ1) is 17.0. The third-order valence-electron chi connectivity index (χ3n) is 6.43. The average molecular weight is 360 g/mol. The molecule has 2 aromatic carbocycles. The minimum atomic E-state index is 0.104. The van der Waals surface area contributed by atoms with Crippen molar-refractivity contribution in [3.8, 4) is 11.3 Å². The van der Waals surface area contributed by atoms with E-state index in [-0.39, 0.29) is 5.41 Å². The van der Waals surface area contributed by atoms with E-state index in [4.69, 9.17) is 1.37 Å². The molecule has 1 heteroatoms. The number of aryl methyl sites for hydroxylation is 3. The summed E-state index contributed by atoms with van der Waals surface area (Å²) in [6, 6.07) is 10.1. The molecule has 0 saturated heterocycles. The first-order valence-corrected chi connectivity index (χ1v) is 10.2. The van der Waals surface area contributed by atoms with Gasteiger partial charge in [-0.15, -0.1) is 0 Å². The Bertz CT molecular complexity index is 1120. The van der Waals surface area contributed by atoms with Gasteiger partial charge in [0.25, 0.3) is 0 Å². The van der Waals surface area contributed by atoms with Crippen molar-refractivity contribution in [1.29, 1.82) is 0 Å². The molecule has 0 N–H and O–H groups in total. The summed E-state index contributed by atoms with van der Waals surface area (Å²) in [7, 11) is 2.12. The molecule has 0 bridgehead atoms. The molecule has 27 heavy (non-hydrogen) atoms. The van der Waals surface area contributed by atoms with Gasteiger partial charge in [0.05, 0.1) is 12.3 Å². The predicted octanol–water partition coefficient (Wildman–Crippen LogP) is 6.04. The van der Waals surface area contributed by atoms with E-state index in [1.165, 1.54) is 50.9 Å². The highest BCUT2D eigenvalue weighted by Gasteiger charge is 2.25. The third kappa shape index (κ3) is 2.98. The topological polar surface area (TPSA) is 3.88 Å². The largest absolute Gasteiger partial charge is 0.220 e. The molecule has 1 aliphatic rings. The van der Waals surface area contributed by atoms with Crippen LogP contribution >= 0.6 is 0 Å². The summed E-state index contributed by atoms with van der Waals surface area (Å²) in [5.74, 6) is 0. The molecule has 0 atom stereocenters. The second kappa shape index (κ2) is 6.19. The number of hydrogen-bond donors (Lipinski definition) is 0. The number of aromatic nitrogens is 1. The maximum atomic E-state index is 8.77. The number of rotatable bonds is 1. The van der Waals surface area contributed by atoms with E-state index >= 15 is 0 Å². The van der Waals surface area contributed by atoms with E-state index in [0.717, 1.165) is 23.9 Å². The van der Waals surface area contributed by atoms with Crippen molar-refractivity contribution in [2.45, 2.75) is 66.2 Å². The summed E-state index contributed by atoms with van der Waals surface area (Å²) >= 11 is 0. The first-order valence-electron chi connectivity index (χ1n) is 10.7. The van der Waals surface area contributed by atoms with Crippen LogP contribution in [-0.2, 0) is 25.3 Å². The summed E-state index contributed by atoms with van der Waals surface area (Å²) in [5, 5.41) is 2.33. The molecule has 4 rings (SSSR count). The molecular weight excluding hydrogens is 326 g/mol. The quantitative estimate of drug-likeness (QED) is 0.466. The highest BCUT2D eigenvalue weighted by molar-refractivity contribution is 5.95. The van der Waals surface area contributed by atoms with Gasteiger partial charge in [0.2, 0.25) is 5.69 Å². The Morgan fingerprint density at radius 2 is 1.63 bits per heavy atom. The van der Waals surface area contributed by atoms with Crippen molar-refractivity contribution >= 4 is 10.8 Å². The molecule has 1 aromatic heterocycles. The Morgan fingerprint density at radius 3 is 2.30 bits per heavy atom. The van der Waals surface area contributed by atoms with Gasteiger partial charge < -0.3 is 0 Å². The van der Waals surface area contributed by atoms with Crippen LogP contribution in [0.4, 0.5) is 0 Å². The van der Waals surface area contributed by atoms with Gasteiger partial charge in [-0.1, -0.05) is 32.9 Å². The van der Waals surface area contributed by atoms with E-state index in [0.29, 0.717) is 6.04 Å². The fourth-order valence-electron chi connectivity index (χ4n) is 4.41. The van der Waals surface area contributed by atoms with Gasteiger partial charge in [0.1, 0.15) is 7.05 Å². The highest BCUT2D eigenvalue weighted by Crippen LogP contribution is 2.36. The Balaban J connectivity index is 2.14. The fourth-order valence-corrected chi connectivity index (χ4v) is 4.41. The monoisotopic (exact) mass is 359 g/mol. The predicted molar refractivity (Wildman–Crippen MR) is 115 cm³/mol. The molecule has 0 fully saturated rings. The van der Waals surface area contributed by atoms with Crippen LogP contribution < -0.4 is 4.57 Å². The van der Waals surface area contributed by atoms with Crippen LogP contribution in [0, 0.1) is 20.8 Å². The fraction of sp³-hybridized carbons (Fsp3) is 0.423. The van der Waals surface area contributed by atoms with Gasteiger partial charge in [-0.2, -0.15) is 4.57 Å². The van der Waals surface area contributed by atoms with Gasteiger partial charge in [0, 0.05) is 13.0 Å². The smallest absolute Gasteiger partial charge is 0.198 e. The van der Waals surface area contributed by atoms with Crippen LogP contribution in [0.3, 0.4) is 0 Å². The SMILES string of the molecule is [2H]c1c(C)[n+](C)c(-c2cc(C(C)(C)C)cc(C)c2C)c2cc3c(cc12)CCC3. The maximum absolute atomic E-state index is 8.77. The normalized spacial score (nSPS) is 14.6. The van der Waals surface area contributed by atoms with Crippen molar-refractivity contribution in [3.05, 3.63) is 63.8 Å². The van der Waals surface area contributed by atoms with Gasteiger partial charge in [-0.3, -0.25) is 0 Å². The number of fused-ring (bicyclic) bond motifs is 2. The summed E-state index contributed by atoms with van der Waals surface area (Å²) in [4.78, 5) is 0. The molecule has 1 aliphatic carbocycles. The summed E-state index contributed by atoms with van der Waals surface area (Å²) in [6.45, 7) is 13.4. The lowest BCUT2D eigenvalue weighted by Gasteiger charge is -2.22. The molecule has 0 aliphatic heterocycles. The van der Waals surface area contributed by atoms with Gasteiger partial charge in [-0.05, 0) is 83.9 Å². The zero-order valence-corrected chi connectivity index (χ0v) is 17.9. The van der Waals surface area contributed by atoms with Crippen LogP contribution in [0.1, 0.15) is 62.1 Å². The molecule has 0 amide bonds. The van der Waals surface area contributed by atoms with E-state index in [1.807, 2.05) is 0 Å². The minimum Gasteiger partial charge on any atom is -0.198 e. The number of benzene rings is 2. The average Bonchev–Trinajstić information content (AvgIpc) is 3.08. The summed E-state index contributed by atoms with van der Waals surface area (Å²) in [6.07, 6.45) is 3.55. The minimum absolute atomic E-state index is 0.104. The molecule has 0 spiro atoms. The second-order valence-electron chi connectivity index (χ2n) is 9.35. The molecule has 1 nitrogen and oxygen atoms in total. The van der Waals surface area contributed by atoms with Crippen molar-refractivity contribution in [2.24, 2.45) is 7.05 Å². The van der Waals surface area contributed by atoms with E-state index in [1.54, 1.807) is 0 Å². The Morgan fingerprint density at radius 1 is 0.963 bits per heavy atom. The van der Waals surface area contributed by atoms with Crippen LogP contribution in [0.25, 0.3) is 22.0 Å². The summed E-state index contributed by atoms with van der Waals surface area (Å²) in [5.41, 5.74) is 10.6. The third-order valence-corrected chi connectivity index (χ3v) is 6.43. The van der Waals surface area contributed by atoms with E-state index in [2.05, 4.69) is 77.4 Å². The van der Waals surface area contributed by atoms with Crippen LogP contribution in [0.2, 0.25) is 0 Å². The molecular formula is C26H32N+. The Kier molecular flexibility index (Phi) is 3.89. The Labute approximate surface area is 165 Å². The second-order valence-corrected chi connectivity index (χ2v) is 9.35. The van der Waals surface area contributed by atoms with E-state index < -0.39 is 0 Å². The van der Waals surface area contributed by atoms with Crippen LogP contribution in [0.15, 0.2) is 30.3 Å². The lowest BCUT2D eigenvalue weighted by atomic mass is 9.82. The van der Waals surface area contributed by atoms with E-state index in [9.17, 15) is 0 Å². The van der Waals surface area contributed by atoms with Crippen molar-refractivity contribution in [2.75, 3.05) is 0 Å². The molecule has 0 unspecified atom stereocenters. The number of hydrogen-bond acceptors (Lipinski definition) is 0. The van der Waals surface area contributed by atoms with Crippen LogP contribution in [-0.4, -0.2) is 0 Å². The van der Waals surface area contributed by atoms with Gasteiger partial charge >= 0.3 is 0 Å². The zero-order chi connectivity index (χ0) is 20.4. The molecule has 3 aromatic rings. The maximum Gasteiger partial charge on any atom is 0.220 e. The van der Waals surface area contributed by atoms with Crippen molar-refractivity contribution < 1.29 is 5.94 Å². The number of pyridine rings is 1. The van der Waals surface area contributed by atoms with Crippen molar-refractivity contribution in [1.82, 2.24) is 0 Å². The van der Waals surface area contributed by atoms with Crippen molar-refractivity contribution in [3.63, 3.8) is 0 Å². The standard InChI is InChI=1S/C26H32N/c1-16-11-22(26(4,5)6)15-23(18(16)3)25-24-14-20-10-8-9-19(20)13-21(24)12-17(2)27(25)7/h11-15H,8-10H2,1-7H3/q+1/i12D. The van der Waals surface area contributed by atoms with Gasteiger partial charge in [-0.25, -0.2) is 0 Å². The van der Waals surface area contributed by atoms with Crippen LogP contribution in [0.5, 0.6) is 0 Å². The summed E-state index contributed by atoms with van der Waals surface area (Å²) < 4.78 is 11.0. The van der Waals surface area contributed by atoms with Gasteiger partial charge in [0.15, 0.2) is 5.69 Å². The molecule has 0 saturated carbocycles. The lowest BCUT2D eigenvalue weighted by Crippen LogP contribution is -2.35. The highest BCUT2D eigenvalue weighted by atomic mass is 14.9. The zero-order valence-electron chi connectivity index (χ0n) is 18.9. The lowest BCUT2D eigenvalue weighted by molar-refractivity contribution is -0.665. The molecule has 0 radical (unpaired) electrons. The number of nitrogens with zero attached hydrogens (tertiary/aromatic N) is 1. The molecule has 1 heterocycles.